The zero-order valence-electron chi connectivity index (χ0n) is 12.1. The number of amides is 1. The highest BCUT2D eigenvalue weighted by Crippen LogP contribution is 2.22. The van der Waals surface area contributed by atoms with E-state index in [-0.39, 0.29) is 30.7 Å². The molecule has 0 saturated carbocycles. The molecule has 1 N–H and O–H groups in total. The topological polar surface area (TPSA) is 95.0 Å². The number of carbonyl (C=O) groups excluding carboxylic acids is 1. The van der Waals surface area contributed by atoms with Crippen LogP contribution in [0, 0.1) is 11.8 Å². The highest BCUT2D eigenvalue weighted by Gasteiger charge is 2.32. The van der Waals surface area contributed by atoms with Crippen LogP contribution in [0.5, 0.6) is 0 Å². The Labute approximate surface area is 119 Å². The van der Waals surface area contributed by atoms with Crippen LogP contribution in [0.2, 0.25) is 0 Å². The Morgan fingerprint density at radius 3 is 2.45 bits per heavy atom. The van der Waals surface area contributed by atoms with Crippen LogP contribution in [0.1, 0.15) is 20.3 Å². The van der Waals surface area contributed by atoms with Crippen molar-refractivity contribution in [1.82, 2.24) is 9.21 Å². The summed E-state index contributed by atoms with van der Waals surface area (Å²) in [7, 11) is -2.05. The van der Waals surface area contributed by atoms with Crippen molar-refractivity contribution >= 4 is 21.9 Å². The van der Waals surface area contributed by atoms with Gasteiger partial charge in [0, 0.05) is 20.1 Å². The van der Waals surface area contributed by atoms with Crippen LogP contribution in [-0.2, 0) is 19.6 Å². The van der Waals surface area contributed by atoms with E-state index in [1.54, 1.807) is 0 Å². The summed E-state index contributed by atoms with van der Waals surface area (Å²) in [6.07, 6.45) is 0.544. The maximum atomic E-state index is 12.1. The van der Waals surface area contributed by atoms with Gasteiger partial charge in [0.2, 0.25) is 15.9 Å². The zero-order chi connectivity index (χ0) is 15.5. The van der Waals surface area contributed by atoms with E-state index in [2.05, 4.69) is 0 Å². The van der Waals surface area contributed by atoms with Gasteiger partial charge in [-0.25, -0.2) is 8.42 Å². The molecule has 0 spiro atoms. The average Bonchev–Trinajstić information content (AvgIpc) is 2.37. The fourth-order valence-corrected chi connectivity index (χ4v) is 3.09. The third kappa shape index (κ3) is 4.17. The molecule has 1 saturated heterocycles. The van der Waals surface area contributed by atoms with E-state index in [0.717, 1.165) is 4.31 Å². The Bertz CT molecular complexity index is 476. The predicted octanol–water partition coefficient (Wildman–Crippen LogP) is -0.163. The smallest absolute Gasteiger partial charge is 0.308 e. The van der Waals surface area contributed by atoms with Crippen LogP contribution in [0.4, 0.5) is 0 Å². The van der Waals surface area contributed by atoms with Crippen LogP contribution >= 0.6 is 0 Å². The van der Waals surface area contributed by atoms with E-state index < -0.39 is 21.9 Å². The number of nitrogens with zero attached hydrogens (tertiary/aromatic N) is 2. The lowest BCUT2D eigenvalue weighted by atomic mass is 9.90. The highest BCUT2D eigenvalue weighted by atomic mass is 32.2. The van der Waals surface area contributed by atoms with Crippen LogP contribution in [-0.4, -0.2) is 67.0 Å². The van der Waals surface area contributed by atoms with Gasteiger partial charge in [0.15, 0.2) is 0 Å². The summed E-state index contributed by atoms with van der Waals surface area (Å²) in [5, 5.41) is 9.06. The first kappa shape index (κ1) is 16.9. The molecule has 116 valence electrons. The predicted molar refractivity (Wildman–Crippen MR) is 73.6 cm³/mol. The highest BCUT2D eigenvalue weighted by molar-refractivity contribution is 7.89. The number of likely N-dealkylation sites (N-methyl/N-ethyl adjacent to an activating group) is 1. The lowest BCUT2D eigenvalue weighted by Crippen LogP contribution is -2.49. The summed E-state index contributed by atoms with van der Waals surface area (Å²) in [5.41, 5.74) is 0. The fraction of sp³-hybridized carbons (Fsp3) is 0.833. The number of piperidine rings is 1. The van der Waals surface area contributed by atoms with Crippen molar-refractivity contribution in [1.29, 1.82) is 0 Å². The standard InChI is InChI=1S/C12H22N2O5S/c1-4-20(18,19)13(3)8-11(15)14-6-9(2)5-10(7-14)12(16)17/h9-10H,4-8H2,1-3H3,(H,16,17). The molecule has 1 fully saturated rings. The molecular weight excluding hydrogens is 284 g/mol. The summed E-state index contributed by atoms with van der Waals surface area (Å²) < 4.78 is 24.2. The number of sulfonamides is 1. The molecule has 2 atom stereocenters. The van der Waals surface area contributed by atoms with Crippen molar-refractivity contribution in [2.24, 2.45) is 11.8 Å². The summed E-state index contributed by atoms with van der Waals surface area (Å²) in [6.45, 7) is 3.79. The van der Waals surface area contributed by atoms with Crippen LogP contribution in [0.15, 0.2) is 0 Å². The van der Waals surface area contributed by atoms with Crippen LogP contribution < -0.4 is 0 Å². The Hall–Kier alpha value is -1.15. The molecule has 0 aromatic carbocycles. The Kier molecular flexibility index (Phi) is 5.52. The van der Waals surface area contributed by atoms with E-state index >= 15 is 0 Å². The van der Waals surface area contributed by atoms with Gasteiger partial charge in [-0.1, -0.05) is 6.92 Å². The third-order valence-corrected chi connectivity index (χ3v) is 5.37. The number of carbonyl (C=O) groups is 2. The van der Waals surface area contributed by atoms with Crippen molar-refractivity contribution in [3.8, 4) is 0 Å². The van der Waals surface area contributed by atoms with Crippen molar-refractivity contribution in [2.75, 3.05) is 32.4 Å². The van der Waals surface area contributed by atoms with Gasteiger partial charge in [-0.2, -0.15) is 4.31 Å². The fourth-order valence-electron chi connectivity index (χ4n) is 2.34. The van der Waals surface area contributed by atoms with Gasteiger partial charge >= 0.3 is 5.97 Å². The number of aliphatic carboxylic acids is 1. The number of likely N-dealkylation sites (tertiary alicyclic amines) is 1. The maximum Gasteiger partial charge on any atom is 0.308 e. The quantitative estimate of drug-likeness (QED) is 0.761. The lowest BCUT2D eigenvalue weighted by molar-refractivity contribution is -0.146. The molecule has 0 aromatic heterocycles. The minimum Gasteiger partial charge on any atom is -0.481 e. The van der Waals surface area contributed by atoms with Gasteiger partial charge in [-0.3, -0.25) is 9.59 Å². The second kappa shape index (κ2) is 6.53. The lowest BCUT2D eigenvalue weighted by Gasteiger charge is -2.35. The number of carboxylic acid groups (broad SMARTS) is 1. The molecule has 1 aliphatic heterocycles. The van der Waals surface area contributed by atoms with Gasteiger partial charge in [0.05, 0.1) is 18.2 Å². The first-order valence-electron chi connectivity index (χ1n) is 6.62. The second-order valence-corrected chi connectivity index (χ2v) is 7.70. The molecule has 20 heavy (non-hydrogen) atoms. The van der Waals surface area contributed by atoms with Gasteiger partial charge in [0.25, 0.3) is 0 Å². The zero-order valence-corrected chi connectivity index (χ0v) is 12.9. The number of carboxylic acids is 1. The van der Waals surface area contributed by atoms with E-state index in [0.29, 0.717) is 13.0 Å². The van der Waals surface area contributed by atoms with Crippen LogP contribution in [0.25, 0.3) is 0 Å². The van der Waals surface area contributed by atoms with E-state index in [9.17, 15) is 18.0 Å². The second-order valence-electron chi connectivity index (χ2n) is 5.33. The van der Waals surface area contributed by atoms with Crippen molar-refractivity contribution in [2.45, 2.75) is 20.3 Å². The molecule has 8 heteroatoms. The van der Waals surface area contributed by atoms with Gasteiger partial charge < -0.3 is 10.0 Å². The molecule has 0 aromatic rings. The van der Waals surface area contributed by atoms with Gasteiger partial charge in [0.1, 0.15) is 0 Å². The van der Waals surface area contributed by atoms with Gasteiger partial charge in [-0.15, -0.1) is 0 Å². The molecule has 1 rings (SSSR count). The Balaban J connectivity index is 2.69. The molecular formula is C12H22N2O5S. The molecule has 7 nitrogen and oxygen atoms in total. The van der Waals surface area contributed by atoms with E-state index in [1.807, 2.05) is 6.92 Å². The van der Waals surface area contributed by atoms with Gasteiger partial charge in [-0.05, 0) is 19.3 Å². The van der Waals surface area contributed by atoms with E-state index in [4.69, 9.17) is 5.11 Å². The maximum absolute atomic E-state index is 12.1. The molecule has 0 radical (unpaired) electrons. The Morgan fingerprint density at radius 1 is 1.35 bits per heavy atom. The van der Waals surface area contributed by atoms with Crippen molar-refractivity contribution < 1.29 is 23.1 Å². The summed E-state index contributed by atoms with van der Waals surface area (Å²) in [5.74, 6) is -1.80. The summed E-state index contributed by atoms with van der Waals surface area (Å²) in [6, 6.07) is 0. The average molecular weight is 306 g/mol. The minimum absolute atomic E-state index is 0.0645. The molecule has 0 aliphatic carbocycles. The molecule has 1 amide bonds. The first-order valence-corrected chi connectivity index (χ1v) is 8.22. The normalized spacial score (nSPS) is 23.9. The Morgan fingerprint density at radius 2 is 1.95 bits per heavy atom. The summed E-state index contributed by atoms with van der Waals surface area (Å²) in [4.78, 5) is 24.6. The number of hydrogen-bond acceptors (Lipinski definition) is 4. The number of rotatable bonds is 5. The first-order chi connectivity index (χ1) is 9.17. The summed E-state index contributed by atoms with van der Waals surface area (Å²) >= 11 is 0. The van der Waals surface area contributed by atoms with Crippen molar-refractivity contribution in [3.05, 3.63) is 0 Å². The molecule has 2 unspecified atom stereocenters. The number of hydrogen-bond donors (Lipinski definition) is 1. The molecule has 1 heterocycles. The largest absolute Gasteiger partial charge is 0.481 e. The monoisotopic (exact) mass is 306 g/mol. The molecule has 0 bridgehead atoms. The molecule has 1 aliphatic rings. The minimum atomic E-state index is -3.41. The third-order valence-electron chi connectivity index (χ3n) is 3.56. The van der Waals surface area contributed by atoms with E-state index in [1.165, 1.54) is 18.9 Å². The SMILES string of the molecule is CCS(=O)(=O)N(C)CC(=O)N1CC(C)CC(C(=O)O)C1. The van der Waals surface area contributed by atoms with Crippen LogP contribution in [0.3, 0.4) is 0 Å². The van der Waals surface area contributed by atoms with Crippen molar-refractivity contribution in [3.63, 3.8) is 0 Å².